The summed E-state index contributed by atoms with van der Waals surface area (Å²) < 4.78 is 0. The fourth-order valence-electron chi connectivity index (χ4n) is 0.936. The fourth-order valence-corrected chi connectivity index (χ4v) is 0.936. The number of carbonyl (C=O) groups is 1. The lowest BCUT2D eigenvalue weighted by Crippen LogP contribution is -2.09. The van der Waals surface area contributed by atoms with Gasteiger partial charge < -0.3 is 10.2 Å². The van der Waals surface area contributed by atoms with Crippen LogP contribution in [0.15, 0.2) is 24.3 Å². The summed E-state index contributed by atoms with van der Waals surface area (Å²) in [6.07, 6.45) is 9.23. The molecule has 0 aliphatic heterocycles. The summed E-state index contributed by atoms with van der Waals surface area (Å²) >= 11 is 0. The van der Waals surface area contributed by atoms with Gasteiger partial charge in [0.1, 0.15) is 0 Å². The SMILES string of the molecule is CCCC/C=C/C=C/C(O)CC(=O)O. The van der Waals surface area contributed by atoms with Crippen molar-refractivity contribution in [3.63, 3.8) is 0 Å². The second-order valence-corrected chi connectivity index (χ2v) is 3.12. The molecule has 14 heavy (non-hydrogen) atoms. The number of carboxylic acid groups (broad SMARTS) is 1. The molecule has 0 fully saturated rings. The average molecular weight is 198 g/mol. The van der Waals surface area contributed by atoms with Gasteiger partial charge in [0.15, 0.2) is 0 Å². The summed E-state index contributed by atoms with van der Waals surface area (Å²) in [6.45, 7) is 2.13. The molecule has 0 aromatic carbocycles. The molecule has 0 bridgehead atoms. The molecular weight excluding hydrogens is 180 g/mol. The van der Waals surface area contributed by atoms with Gasteiger partial charge in [0, 0.05) is 0 Å². The van der Waals surface area contributed by atoms with Gasteiger partial charge in [-0.3, -0.25) is 4.79 Å². The monoisotopic (exact) mass is 198 g/mol. The summed E-state index contributed by atoms with van der Waals surface area (Å²) in [5, 5.41) is 17.5. The number of unbranched alkanes of at least 4 members (excludes halogenated alkanes) is 2. The van der Waals surface area contributed by atoms with Gasteiger partial charge in [-0.05, 0) is 6.42 Å². The van der Waals surface area contributed by atoms with Crippen molar-refractivity contribution in [2.45, 2.75) is 38.7 Å². The molecule has 0 saturated heterocycles. The van der Waals surface area contributed by atoms with Crippen LogP contribution in [0, 0.1) is 0 Å². The molecule has 0 aromatic rings. The Labute approximate surface area is 84.8 Å². The number of rotatable bonds is 7. The molecule has 0 aliphatic rings. The van der Waals surface area contributed by atoms with E-state index in [-0.39, 0.29) is 6.42 Å². The van der Waals surface area contributed by atoms with Crippen molar-refractivity contribution in [2.75, 3.05) is 0 Å². The molecular formula is C11H18O3. The third-order valence-corrected chi connectivity index (χ3v) is 1.69. The lowest BCUT2D eigenvalue weighted by atomic mass is 10.2. The number of carboxylic acids is 1. The molecule has 80 valence electrons. The highest BCUT2D eigenvalue weighted by atomic mass is 16.4. The van der Waals surface area contributed by atoms with E-state index >= 15 is 0 Å². The maximum Gasteiger partial charge on any atom is 0.306 e. The van der Waals surface area contributed by atoms with Gasteiger partial charge in [-0.15, -0.1) is 0 Å². The molecule has 0 aliphatic carbocycles. The number of aliphatic hydroxyl groups excluding tert-OH is 1. The van der Waals surface area contributed by atoms with E-state index in [4.69, 9.17) is 10.2 Å². The predicted molar refractivity (Wildman–Crippen MR) is 56.1 cm³/mol. The smallest absolute Gasteiger partial charge is 0.306 e. The Morgan fingerprint density at radius 3 is 2.71 bits per heavy atom. The standard InChI is InChI=1S/C11H18O3/c1-2-3-4-5-6-7-8-10(12)9-11(13)14/h5-8,10,12H,2-4,9H2,1H3,(H,13,14)/b6-5+,8-7+. The van der Waals surface area contributed by atoms with E-state index < -0.39 is 12.1 Å². The minimum Gasteiger partial charge on any atom is -0.481 e. The molecule has 0 rings (SSSR count). The van der Waals surface area contributed by atoms with Crippen LogP contribution >= 0.6 is 0 Å². The number of aliphatic carboxylic acids is 1. The molecule has 0 saturated carbocycles. The molecule has 0 aromatic heterocycles. The molecule has 0 amide bonds. The van der Waals surface area contributed by atoms with Crippen molar-refractivity contribution < 1.29 is 15.0 Å². The van der Waals surface area contributed by atoms with E-state index in [1.807, 2.05) is 12.2 Å². The van der Waals surface area contributed by atoms with Crippen LogP contribution in [0.25, 0.3) is 0 Å². The van der Waals surface area contributed by atoms with Crippen LogP contribution in [0.5, 0.6) is 0 Å². The molecule has 2 N–H and O–H groups in total. The van der Waals surface area contributed by atoms with Crippen molar-refractivity contribution in [3.8, 4) is 0 Å². The summed E-state index contributed by atoms with van der Waals surface area (Å²) in [6, 6.07) is 0. The van der Waals surface area contributed by atoms with Gasteiger partial charge in [0.2, 0.25) is 0 Å². The van der Waals surface area contributed by atoms with Crippen LogP contribution in [0.4, 0.5) is 0 Å². The highest BCUT2D eigenvalue weighted by Crippen LogP contribution is 1.97. The van der Waals surface area contributed by atoms with Gasteiger partial charge in [-0.1, -0.05) is 44.1 Å². The van der Waals surface area contributed by atoms with E-state index in [9.17, 15) is 4.79 Å². The molecule has 3 nitrogen and oxygen atoms in total. The summed E-state index contributed by atoms with van der Waals surface area (Å²) in [5.74, 6) is -0.989. The summed E-state index contributed by atoms with van der Waals surface area (Å²) in [4.78, 5) is 10.2. The van der Waals surface area contributed by atoms with E-state index in [0.29, 0.717) is 0 Å². The van der Waals surface area contributed by atoms with Crippen molar-refractivity contribution in [1.29, 1.82) is 0 Å². The normalized spacial score (nSPS) is 13.9. The largest absolute Gasteiger partial charge is 0.481 e. The third-order valence-electron chi connectivity index (χ3n) is 1.69. The first-order valence-electron chi connectivity index (χ1n) is 4.90. The van der Waals surface area contributed by atoms with E-state index in [1.54, 1.807) is 6.08 Å². The fraction of sp³-hybridized carbons (Fsp3) is 0.545. The second kappa shape index (κ2) is 8.51. The maximum absolute atomic E-state index is 10.2. The molecule has 0 spiro atoms. The Balaban J connectivity index is 3.60. The zero-order valence-electron chi connectivity index (χ0n) is 8.52. The van der Waals surface area contributed by atoms with Crippen LogP contribution in [0.2, 0.25) is 0 Å². The first-order valence-corrected chi connectivity index (χ1v) is 4.90. The van der Waals surface area contributed by atoms with Crippen LogP contribution < -0.4 is 0 Å². The maximum atomic E-state index is 10.2. The van der Waals surface area contributed by atoms with Crippen molar-refractivity contribution in [2.24, 2.45) is 0 Å². The van der Waals surface area contributed by atoms with Gasteiger partial charge >= 0.3 is 5.97 Å². The molecule has 1 atom stereocenters. The topological polar surface area (TPSA) is 57.5 Å². The van der Waals surface area contributed by atoms with Crippen LogP contribution in [0.3, 0.4) is 0 Å². The van der Waals surface area contributed by atoms with Crippen molar-refractivity contribution >= 4 is 5.97 Å². The molecule has 3 heteroatoms. The Kier molecular flexibility index (Phi) is 7.84. The number of allylic oxidation sites excluding steroid dienone is 3. The van der Waals surface area contributed by atoms with Gasteiger partial charge in [0.25, 0.3) is 0 Å². The minimum atomic E-state index is -0.989. The van der Waals surface area contributed by atoms with Crippen molar-refractivity contribution in [3.05, 3.63) is 24.3 Å². The first kappa shape index (κ1) is 12.9. The Morgan fingerprint density at radius 2 is 2.14 bits per heavy atom. The van der Waals surface area contributed by atoms with Crippen LogP contribution in [-0.2, 0) is 4.79 Å². The highest BCUT2D eigenvalue weighted by Gasteiger charge is 2.03. The molecule has 1 unspecified atom stereocenters. The summed E-state index contributed by atoms with van der Waals surface area (Å²) in [7, 11) is 0. The average Bonchev–Trinajstić information content (AvgIpc) is 2.10. The van der Waals surface area contributed by atoms with Gasteiger partial charge in [0.05, 0.1) is 12.5 Å². The highest BCUT2D eigenvalue weighted by molar-refractivity contribution is 5.67. The zero-order valence-corrected chi connectivity index (χ0v) is 8.52. The van der Waals surface area contributed by atoms with Crippen LogP contribution in [0.1, 0.15) is 32.6 Å². The predicted octanol–water partition coefficient (Wildman–Crippen LogP) is 2.12. The minimum absolute atomic E-state index is 0.237. The van der Waals surface area contributed by atoms with Gasteiger partial charge in [-0.25, -0.2) is 0 Å². The lowest BCUT2D eigenvalue weighted by Gasteiger charge is -1.98. The number of hydrogen-bond acceptors (Lipinski definition) is 2. The van der Waals surface area contributed by atoms with Crippen LogP contribution in [-0.4, -0.2) is 22.3 Å². The third kappa shape index (κ3) is 9.00. The van der Waals surface area contributed by atoms with Crippen molar-refractivity contribution in [1.82, 2.24) is 0 Å². The number of hydrogen-bond donors (Lipinski definition) is 2. The van der Waals surface area contributed by atoms with E-state index in [2.05, 4.69) is 6.92 Å². The lowest BCUT2D eigenvalue weighted by molar-refractivity contribution is -0.138. The Hall–Kier alpha value is -1.09. The molecule has 0 heterocycles. The summed E-state index contributed by atoms with van der Waals surface area (Å²) in [5.41, 5.74) is 0. The quantitative estimate of drug-likeness (QED) is 0.486. The van der Waals surface area contributed by atoms with E-state index in [1.165, 1.54) is 6.08 Å². The molecule has 0 radical (unpaired) electrons. The Bertz CT molecular complexity index is 207. The Morgan fingerprint density at radius 1 is 1.43 bits per heavy atom. The number of aliphatic hydroxyl groups is 1. The first-order chi connectivity index (χ1) is 6.66. The second-order valence-electron chi connectivity index (χ2n) is 3.12. The van der Waals surface area contributed by atoms with Gasteiger partial charge in [-0.2, -0.15) is 0 Å². The van der Waals surface area contributed by atoms with E-state index in [0.717, 1.165) is 19.3 Å². The zero-order chi connectivity index (χ0) is 10.8.